The number of aromatic nitrogens is 1. The summed E-state index contributed by atoms with van der Waals surface area (Å²) in [5.74, 6) is 0.384. The highest BCUT2D eigenvalue weighted by Gasteiger charge is 2.35. The van der Waals surface area contributed by atoms with Gasteiger partial charge in [-0.05, 0) is 49.1 Å². The van der Waals surface area contributed by atoms with E-state index in [0.717, 1.165) is 24.5 Å². The number of nitrogens with zero attached hydrogens (tertiary/aromatic N) is 1. The lowest BCUT2D eigenvalue weighted by Crippen LogP contribution is -2.52. The van der Waals surface area contributed by atoms with E-state index in [1.54, 1.807) is 0 Å². The van der Waals surface area contributed by atoms with Gasteiger partial charge in [-0.1, -0.05) is 51.2 Å². The van der Waals surface area contributed by atoms with Crippen LogP contribution in [-0.2, 0) is 6.42 Å². The number of aromatic amines is 1. The van der Waals surface area contributed by atoms with Crippen molar-refractivity contribution >= 4 is 33.7 Å². The van der Waals surface area contributed by atoms with Crippen molar-refractivity contribution < 1.29 is 0 Å². The number of nitrogens with one attached hydrogen (secondary N) is 2. The van der Waals surface area contributed by atoms with Crippen LogP contribution in [0.15, 0.2) is 24.3 Å². The first kappa shape index (κ1) is 17.7. The molecule has 2 N–H and O–H groups in total. The number of hydrogen-bond donors (Lipinski definition) is 2. The SMILES string of the molecule is CCCN1C[C@@H](NC(=S)C(C)C)C=C2c3cccc4[nH]c(C)c(c34)C[C@H]21. The van der Waals surface area contributed by atoms with Crippen LogP contribution < -0.4 is 5.32 Å². The minimum absolute atomic E-state index is 0.291. The Morgan fingerprint density at radius 1 is 1.38 bits per heavy atom. The largest absolute Gasteiger partial charge is 0.372 e. The fourth-order valence-corrected chi connectivity index (χ4v) is 4.72. The number of H-pyrrole nitrogens is 1. The van der Waals surface area contributed by atoms with Crippen molar-refractivity contribution in [2.75, 3.05) is 13.1 Å². The topological polar surface area (TPSA) is 31.1 Å². The van der Waals surface area contributed by atoms with Crippen LogP contribution in [0.1, 0.15) is 44.0 Å². The van der Waals surface area contributed by atoms with Crippen molar-refractivity contribution in [3.05, 3.63) is 41.1 Å². The van der Waals surface area contributed by atoms with Crippen LogP contribution in [0.2, 0.25) is 0 Å². The zero-order valence-electron chi connectivity index (χ0n) is 16.2. The van der Waals surface area contributed by atoms with E-state index >= 15 is 0 Å². The molecular weight excluding hydrogens is 338 g/mol. The van der Waals surface area contributed by atoms with Crippen molar-refractivity contribution in [1.29, 1.82) is 0 Å². The fourth-order valence-electron chi connectivity index (χ4n) is 4.57. The first-order valence-corrected chi connectivity index (χ1v) is 10.3. The number of fused-ring (bicyclic) bond motifs is 2. The molecule has 26 heavy (non-hydrogen) atoms. The summed E-state index contributed by atoms with van der Waals surface area (Å²) in [6.07, 6.45) is 4.73. The average Bonchev–Trinajstić information content (AvgIpc) is 2.93. The Labute approximate surface area is 161 Å². The molecule has 2 heterocycles. The minimum Gasteiger partial charge on any atom is -0.372 e. The Morgan fingerprint density at radius 2 is 2.19 bits per heavy atom. The third kappa shape index (κ3) is 2.89. The first-order chi connectivity index (χ1) is 12.5. The van der Waals surface area contributed by atoms with E-state index in [-0.39, 0.29) is 0 Å². The molecule has 1 aromatic heterocycles. The Kier molecular flexibility index (Phi) is 4.66. The van der Waals surface area contributed by atoms with Gasteiger partial charge in [0.05, 0.1) is 11.0 Å². The second kappa shape index (κ2) is 6.82. The van der Waals surface area contributed by atoms with Crippen molar-refractivity contribution in [3.8, 4) is 0 Å². The molecule has 2 aromatic rings. The van der Waals surface area contributed by atoms with E-state index in [1.165, 1.54) is 39.7 Å². The molecular formula is C22H29N3S. The maximum atomic E-state index is 5.58. The summed E-state index contributed by atoms with van der Waals surface area (Å²) in [7, 11) is 0. The summed E-state index contributed by atoms with van der Waals surface area (Å²) < 4.78 is 0. The van der Waals surface area contributed by atoms with E-state index in [4.69, 9.17) is 12.2 Å². The van der Waals surface area contributed by atoms with E-state index in [0.29, 0.717) is 18.0 Å². The van der Waals surface area contributed by atoms with E-state index in [2.05, 4.69) is 67.2 Å². The van der Waals surface area contributed by atoms with Gasteiger partial charge in [-0.2, -0.15) is 0 Å². The van der Waals surface area contributed by atoms with Crippen molar-refractivity contribution in [2.24, 2.45) is 5.92 Å². The van der Waals surface area contributed by atoms with Crippen molar-refractivity contribution in [1.82, 2.24) is 15.2 Å². The van der Waals surface area contributed by atoms with Gasteiger partial charge < -0.3 is 10.3 Å². The van der Waals surface area contributed by atoms with Gasteiger partial charge in [-0.25, -0.2) is 0 Å². The average molecular weight is 368 g/mol. The molecule has 0 saturated heterocycles. The molecule has 1 aliphatic heterocycles. The molecule has 2 atom stereocenters. The van der Waals surface area contributed by atoms with Crippen molar-refractivity contribution in [2.45, 2.75) is 52.6 Å². The van der Waals surface area contributed by atoms with Gasteiger partial charge in [-0.15, -0.1) is 0 Å². The second-order valence-corrected chi connectivity index (χ2v) is 8.50. The van der Waals surface area contributed by atoms with Gasteiger partial charge in [0.2, 0.25) is 0 Å². The predicted molar refractivity (Wildman–Crippen MR) is 115 cm³/mol. The molecule has 138 valence electrons. The highest BCUT2D eigenvalue weighted by Crippen LogP contribution is 2.41. The molecule has 0 spiro atoms. The molecule has 3 nitrogen and oxygen atoms in total. The van der Waals surface area contributed by atoms with Crippen LogP contribution in [0.25, 0.3) is 16.5 Å². The third-order valence-corrected chi connectivity index (χ3v) is 6.41. The molecule has 0 fully saturated rings. The summed E-state index contributed by atoms with van der Waals surface area (Å²) >= 11 is 5.58. The standard InChI is InChI=1S/C22H29N3S/c1-5-9-25-12-15(24-22(26)13(2)3)10-18-16-7-6-8-19-21(16)17(11-20(18)25)14(4)23-19/h6-8,10,13,15,20,23H,5,9,11-12H2,1-4H3,(H,24,26)/t15-,20+/m0/s1. The van der Waals surface area contributed by atoms with Crippen LogP contribution in [0, 0.1) is 12.8 Å². The molecule has 0 saturated carbocycles. The van der Waals surface area contributed by atoms with Crippen LogP contribution in [0.5, 0.6) is 0 Å². The lowest BCUT2D eigenvalue weighted by Gasteiger charge is -2.42. The summed E-state index contributed by atoms with van der Waals surface area (Å²) in [6.45, 7) is 11.0. The second-order valence-electron chi connectivity index (χ2n) is 8.06. The molecule has 4 heteroatoms. The molecule has 4 rings (SSSR count). The van der Waals surface area contributed by atoms with Crippen LogP contribution in [0.4, 0.5) is 0 Å². The van der Waals surface area contributed by atoms with Gasteiger partial charge >= 0.3 is 0 Å². The lowest BCUT2D eigenvalue weighted by atomic mass is 9.80. The molecule has 0 bridgehead atoms. The van der Waals surface area contributed by atoms with E-state index < -0.39 is 0 Å². The van der Waals surface area contributed by atoms with E-state index in [1.807, 2.05) is 0 Å². The predicted octanol–water partition coefficient (Wildman–Crippen LogP) is 4.45. The highest BCUT2D eigenvalue weighted by molar-refractivity contribution is 7.80. The molecule has 0 amide bonds. The summed E-state index contributed by atoms with van der Waals surface area (Å²) in [4.78, 5) is 7.22. The Bertz CT molecular complexity index is 877. The summed E-state index contributed by atoms with van der Waals surface area (Å²) in [6, 6.07) is 7.45. The smallest absolute Gasteiger partial charge is 0.0784 e. The Balaban J connectivity index is 1.80. The van der Waals surface area contributed by atoms with Gasteiger partial charge in [0.25, 0.3) is 0 Å². The van der Waals surface area contributed by atoms with Crippen LogP contribution in [-0.4, -0.2) is 40.0 Å². The zero-order chi connectivity index (χ0) is 18.4. The normalized spacial score (nSPS) is 22.4. The van der Waals surface area contributed by atoms with Gasteiger partial charge in [-0.3, -0.25) is 4.90 Å². The zero-order valence-corrected chi connectivity index (χ0v) is 17.0. The Morgan fingerprint density at radius 3 is 2.92 bits per heavy atom. The van der Waals surface area contributed by atoms with E-state index in [9.17, 15) is 0 Å². The molecule has 0 unspecified atom stereocenters. The summed E-state index contributed by atoms with van der Waals surface area (Å²) in [5, 5.41) is 5.03. The third-order valence-electron chi connectivity index (χ3n) is 5.82. The molecule has 0 radical (unpaired) electrons. The minimum atomic E-state index is 0.291. The number of thiocarbonyl (C=S) groups is 1. The monoisotopic (exact) mass is 367 g/mol. The maximum Gasteiger partial charge on any atom is 0.0784 e. The summed E-state index contributed by atoms with van der Waals surface area (Å²) in [5.41, 5.74) is 6.98. The van der Waals surface area contributed by atoms with Gasteiger partial charge in [0.1, 0.15) is 0 Å². The number of benzene rings is 1. The van der Waals surface area contributed by atoms with Crippen molar-refractivity contribution in [3.63, 3.8) is 0 Å². The van der Waals surface area contributed by atoms with Crippen LogP contribution >= 0.6 is 12.2 Å². The number of hydrogen-bond acceptors (Lipinski definition) is 2. The number of rotatable bonds is 4. The maximum absolute atomic E-state index is 5.58. The van der Waals surface area contributed by atoms with Crippen LogP contribution in [0.3, 0.4) is 0 Å². The van der Waals surface area contributed by atoms with Gasteiger partial charge in [0, 0.05) is 35.1 Å². The fraction of sp³-hybridized carbons (Fsp3) is 0.500. The Hall–Kier alpha value is -1.65. The number of aryl methyl sites for hydroxylation is 1. The van der Waals surface area contributed by atoms with Gasteiger partial charge in [0.15, 0.2) is 0 Å². The molecule has 1 aliphatic carbocycles. The lowest BCUT2D eigenvalue weighted by molar-refractivity contribution is 0.214. The first-order valence-electron chi connectivity index (χ1n) is 9.86. The molecule has 2 aliphatic rings. The molecule has 1 aromatic carbocycles. The highest BCUT2D eigenvalue weighted by atomic mass is 32.1. The quantitative estimate of drug-likeness (QED) is 0.783.